The Labute approximate surface area is 119 Å². The molecule has 1 atom stereocenters. The van der Waals surface area contributed by atoms with Gasteiger partial charge in [-0.15, -0.1) is 12.4 Å². The van der Waals surface area contributed by atoms with E-state index in [1.54, 1.807) is 12.1 Å². The van der Waals surface area contributed by atoms with Gasteiger partial charge in [0, 0.05) is 12.6 Å². The monoisotopic (exact) mass is 277 g/mol. The molecule has 0 spiro atoms. The van der Waals surface area contributed by atoms with Crippen LogP contribution in [0.25, 0.3) is 0 Å². The normalized spacial score (nSPS) is 16.8. The lowest BCUT2D eigenvalue weighted by Gasteiger charge is -2.14. The van der Waals surface area contributed by atoms with Gasteiger partial charge >= 0.3 is 0 Å². The fourth-order valence-electron chi connectivity index (χ4n) is 2.62. The summed E-state index contributed by atoms with van der Waals surface area (Å²) in [6.07, 6.45) is 2.10. The summed E-state index contributed by atoms with van der Waals surface area (Å²) < 4.78 is 13.3. The van der Waals surface area contributed by atoms with Gasteiger partial charge in [-0.25, -0.2) is 4.39 Å². The molecule has 1 N–H and O–H groups in total. The van der Waals surface area contributed by atoms with Crippen molar-refractivity contribution in [1.29, 1.82) is 0 Å². The number of fused-ring (bicyclic) bond motifs is 1. The van der Waals surface area contributed by atoms with E-state index in [0.717, 1.165) is 24.9 Å². The molecule has 2 aromatic carbocycles. The molecule has 2 aromatic rings. The molecular formula is C16H17ClFN. The van der Waals surface area contributed by atoms with Gasteiger partial charge in [0.15, 0.2) is 0 Å². The zero-order valence-corrected chi connectivity index (χ0v) is 11.4. The predicted octanol–water partition coefficient (Wildman–Crippen LogP) is 4.02. The zero-order valence-electron chi connectivity index (χ0n) is 10.6. The fraction of sp³-hybridized carbons (Fsp3) is 0.250. The maximum absolute atomic E-state index is 13.3. The van der Waals surface area contributed by atoms with Crippen molar-refractivity contribution in [3.63, 3.8) is 0 Å². The van der Waals surface area contributed by atoms with E-state index in [1.807, 2.05) is 24.3 Å². The summed E-state index contributed by atoms with van der Waals surface area (Å²) >= 11 is 0. The number of aryl methyl sites for hydroxylation is 1. The molecule has 1 nitrogen and oxygen atoms in total. The molecule has 19 heavy (non-hydrogen) atoms. The van der Waals surface area contributed by atoms with Crippen molar-refractivity contribution in [2.75, 3.05) is 0 Å². The molecule has 0 aliphatic heterocycles. The number of benzene rings is 2. The van der Waals surface area contributed by atoms with Crippen LogP contribution >= 0.6 is 12.4 Å². The van der Waals surface area contributed by atoms with Crippen molar-refractivity contribution in [1.82, 2.24) is 5.32 Å². The van der Waals surface area contributed by atoms with Crippen LogP contribution in [0.2, 0.25) is 0 Å². The fourth-order valence-corrected chi connectivity index (χ4v) is 2.62. The van der Waals surface area contributed by atoms with Crippen molar-refractivity contribution < 1.29 is 4.39 Å². The first kappa shape index (κ1) is 14.0. The topological polar surface area (TPSA) is 12.0 Å². The van der Waals surface area contributed by atoms with Crippen LogP contribution in [0.15, 0.2) is 48.5 Å². The van der Waals surface area contributed by atoms with Crippen molar-refractivity contribution in [2.24, 2.45) is 0 Å². The van der Waals surface area contributed by atoms with E-state index in [4.69, 9.17) is 0 Å². The second kappa shape index (κ2) is 6.18. The molecule has 3 heteroatoms. The summed E-state index contributed by atoms with van der Waals surface area (Å²) in [5, 5.41) is 3.51. The molecule has 100 valence electrons. The summed E-state index contributed by atoms with van der Waals surface area (Å²) in [7, 11) is 0. The summed E-state index contributed by atoms with van der Waals surface area (Å²) in [5.74, 6) is -0.137. The highest BCUT2D eigenvalue weighted by Gasteiger charge is 2.22. The molecule has 0 radical (unpaired) electrons. The van der Waals surface area contributed by atoms with Gasteiger partial charge in [0.2, 0.25) is 0 Å². The maximum atomic E-state index is 13.3. The number of rotatable bonds is 3. The number of halogens is 2. The Kier molecular flexibility index (Phi) is 4.56. The molecule has 1 aliphatic carbocycles. The Bertz CT molecular complexity index is 542. The second-order valence-electron chi connectivity index (χ2n) is 4.80. The van der Waals surface area contributed by atoms with Crippen LogP contribution in [0.5, 0.6) is 0 Å². The Balaban J connectivity index is 0.00000133. The third kappa shape index (κ3) is 3.14. The smallest absolute Gasteiger partial charge is 0.123 e. The molecule has 0 heterocycles. The second-order valence-corrected chi connectivity index (χ2v) is 4.80. The van der Waals surface area contributed by atoms with Crippen LogP contribution in [-0.2, 0) is 13.0 Å². The molecule has 0 unspecified atom stereocenters. The molecular weight excluding hydrogens is 261 g/mol. The SMILES string of the molecule is Cl.Fc1ccc2c(c1)[C@H](NCc1ccccc1)CC2. The van der Waals surface area contributed by atoms with Crippen LogP contribution in [-0.4, -0.2) is 0 Å². The van der Waals surface area contributed by atoms with E-state index in [2.05, 4.69) is 17.4 Å². The Morgan fingerprint density at radius 2 is 1.89 bits per heavy atom. The van der Waals surface area contributed by atoms with E-state index in [-0.39, 0.29) is 24.3 Å². The number of hydrogen-bond donors (Lipinski definition) is 1. The highest BCUT2D eigenvalue weighted by molar-refractivity contribution is 5.85. The van der Waals surface area contributed by atoms with Gasteiger partial charge < -0.3 is 5.32 Å². The third-order valence-electron chi connectivity index (χ3n) is 3.58. The lowest BCUT2D eigenvalue weighted by molar-refractivity contribution is 0.527. The number of hydrogen-bond acceptors (Lipinski definition) is 1. The van der Waals surface area contributed by atoms with Gasteiger partial charge in [-0.2, -0.15) is 0 Å². The molecule has 0 saturated heterocycles. The first-order chi connectivity index (χ1) is 8.83. The quantitative estimate of drug-likeness (QED) is 0.893. The lowest BCUT2D eigenvalue weighted by Crippen LogP contribution is -2.18. The molecule has 3 rings (SSSR count). The van der Waals surface area contributed by atoms with Crippen molar-refractivity contribution in [3.05, 3.63) is 71.0 Å². The van der Waals surface area contributed by atoms with Crippen molar-refractivity contribution in [2.45, 2.75) is 25.4 Å². The first-order valence-electron chi connectivity index (χ1n) is 6.38. The van der Waals surface area contributed by atoms with Crippen LogP contribution in [0.3, 0.4) is 0 Å². The number of nitrogens with one attached hydrogen (secondary N) is 1. The van der Waals surface area contributed by atoms with E-state index in [0.29, 0.717) is 0 Å². The van der Waals surface area contributed by atoms with Gasteiger partial charge in [-0.05, 0) is 41.7 Å². The maximum Gasteiger partial charge on any atom is 0.123 e. The zero-order chi connectivity index (χ0) is 12.4. The molecule has 0 saturated carbocycles. The first-order valence-corrected chi connectivity index (χ1v) is 6.38. The Hall–Kier alpha value is -1.38. The van der Waals surface area contributed by atoms with E-state index >= 15 is 0 Å². The van der Waals surface area contributed by atoms with Crippen LogP contribution in [0, 0.1) is 5.82 Å². The molecule has 0 amide bonds. The Morgan fingerprint density at radius 3 is 2.68 bits per heavy atom. The molecule has 0 fully saturated rings. The van der Waals surface area contributed by atoms with E-state index in [1.165, 1.54) is 11.1 Å². The summed E-state index contributed by atoms with van der Waals surface area (Å²) in [6, 6.07) is 15.7. The molecule has 0 bridgehead atoms. The van der Waals surface area contributed by atoms with Crippen molar-refractivity contribution in [3.8, 4) is 0 Å². The largest absolute Gasteiger partial charge is 0.306 e. The van der Waals surface area contributed by atoms with Gasteiger partial charge in [-0.3, -0.25) is 0 Å². The highest BCUT2D eigenvalue weighted by atomic mass is 35.5. The Morgan fingerprint density at radius 1 is 1.11 bits per heavy atom. The minimum absolute atomic E-state index is 0. The minimum Gasteiger partial charge on any atom is -0.306 e. The summed E-state index contributed by atoms with van der Waals surface area (Å²) in [6.45, 7) is 0.835. The van der Waals surface area contributed by atoms with E-state index in [9.17, 15) is 4.39 Å². The summed E-state index contributed by atoms with van der Waals surface area (Å²) in [5.41, 5.74) is 3.68. The third-order valence-corrected chi connectivity index (χ3v) is 3.58. The van der Waals surface area contributed by atoms with Gasteiger partial charge in [0.05, 0.1) is 0 Å². The van der Waals surface area contributed by atoms with E-state index < -0.39 is 0 Å². The van der Waals surface area contributed by atoms with Crippen LogP contribution < -0.4 is 5.32 Å². The average Bonchev–Trinajstić information content (AvgIpc) is 2.80. The molecule has 0 aromatic heterocycles. The molecule has 1 aliphatic rings. The minimum atomic E-state index is -0.137. The standard InChI is InChI=1S/C16H16FN.ClH/c17-14-8-6-13-7-9-16(15(13)10-14)18-11-12-4-2-1-3-5-12;/h1-6,8,10,16,18H,7,9,11H2;1H/t16-;/m1./s1. The van der Waals surface area contributed by atoms with Crippen LogP contribution in [0.1, 0.15) is 29.2 Å². The predicted molar refractivity (Wildman–Crippen MR) is 78.0 cm³/mol. The lowest BCUT2D eigenvalue weighted by atomic mass is 10.1. The summed E-state index contributed by atoms with van der Waals surface area (Å²) in [4.78, 5) is 0. The van der Waals surface area contributed by atoms with Crippen molar-refractivity contribution >= 4 is 12.4 Å². The highest BCUT2D eigenvalue weighted by Crippen LogP contribution is 2.31. The van der Waals surface area contributed by atoms with Crippen LogP contribution in [0.4, 0.5) is 4.39 Å². The van der Waals surface area contributed by atoms with Gasteiger partial charge in [0.1, 0.15) is 5.82 Å². The van der Waals surface area contributed by atoms with Gasteiger partial charge in [0.25, 0.3) is 0 Å². The van der Waals surface area contributed by atoms with Gasteiger partial charge in [-0.1, -0.05) is 36.4 Å². The average molecular weight is 278 g/mol.